The number of rotatable bonds is 9. The summed E-state index contributed by atoms with van der Waals surface area (Å²) in [5.74, 6) is -1.60. The molecular formula is C20H30N2O7S. The molecule has 10 heteroatoms. The summed E-state index contributed by atoms with van der Waals surface area (Å²) in [5, 5.41) is 3.10. The molecule has 0 spiro atoms. The minimum absolute atomic E-state index is 0.0331. The number of hydrogen-bond acceptors (Lipinski definition) is 8. The number of ether oxygens (including phenoxy) is 3. The van der Waals surface area contributed by atoms with Gasteiger partial charge in [-0.2, -0.15) is 0 Å². The van der Waals surface area contributed by atoms with Crippen molar-refractivity contribution in [2.45, 2.75) is 59.1 Å². The molecule has 0 aromatic carbocycles. The third-order valence-corrected chi connectivity index (χ3v) is 4.79. The van der Waals surface area contributed by atoms with Gasteiger partial charge in [0.05, 0.1) is 18.1 Å². The highest BCUT2D eigenvalue weighted by Gasteiger charge is 2.26. The van der Waals surface area contributed by atoms with E-state index in [0.717, 1.165) is 11.3 Å². The summed E-state index contributed by atoms with van der Waals surface area (Å²) in [7, 11) is 1.54. The fourth-order valence-corrected chi connectivity index (χ4v) is 3.13. The van der Waals surface area contributed by atoms with Crippen LogP contribution in [0.15, 0.2) is 12.1 Å². The predicted molar refractivity (Wildman–Crippen MR) is 113 cm³/mol. The quantitative estimate of drug-likeness (QED) is 0.462. The minimum atomic E-state index is -0.990. The average Bonchev–Trinajstić information content (AvgIpc) is 3.13. The second kappa shape index (κ2) is 11.5. The maximum atomic E-state index is 12.6. The number of thiophene rings is 1. The van der Waals surface area contributed by atoms with Crippen LogP contribution < -0.4 is 10.2 Å². The summed E-state index contributed by atoms with van der Waals surface area (Å²) in [6.45, 7) is 9.01. The van der Waals surface area contributed by atoms with Crippen molar-refractivity contribution >= 4 is 40.3 Å². The van der Waals surface area contributed by atoms with Gasteiger partial charge in [0.15, 0.2) is 0 Å². The highest BCUT2D eigenvalue weighted by atomic mass is 32.1. The lowest BCUT2D eigenvalue weighted by Gasteiger charge is -2.23. The van der Waals surface area contributed by atoms with Crippen molar-refractivity contribution in [3.05, 3.63) is 17.0 Å². The van der Waals surface area contributed by atoms with E-state index in [9.17, 15) is 19.2 Å². The summed E-state index contributed by atoms with van der Waals surface area (Å²) < 4.78 is 15.1. The highest BCUT2D eigenvalue weighted by Crippen LogP contribution is 2.26. The molecule has 1 rings (SSSR count). The molecule has 9 nitrogen and oxygen atoms in total. The molecule has 0 fully saturated rings. The van der Waals surface area contributed by atoms with Crippen LogP contribution in [-0.4, -0.2) is 55.8 Å². The van der Waals surface area contributed by atoms with E-state index in [1.54, 1.807) is 53.8 Å². The van der Waals surface area contributed by atoms with Gasteiger partial charge >= 0.3 is 18.0 Å². The molecule has 1 aromatic heterocycles. The van der Waals surface area contributed by atoms with Gasteiger partial charge < -0.3 is 19.5 Å². The Balaban J connectivity index is 2.83. The lowest BCUT2D eigenvalue weighted by molar-refractivity contribution is -0.146. The molecule has 30 heavy (non-hydrogen) atoms. The summed E-state index contributed by atoms with van der Waals surface area (Å²) in [6.07, 6.45) is -0.524. The molecule has 1 heterocycles. The van der Waals surface area contributed by atoms with Crippen molar-refractivity contribution in [1.82, 2.24) is 5.32 Å². The van der Waals surface area contributed by atoms with Crippen molar-refractivity contribution in [1.29, 1.82) is 0 Å². The first-order valence-corrected chi connectivity index (χ1v) is 10.5. The van der Waals surface area contributed by atoms with Crippen molar-refractivity contribution < 1.29 is 33.4 Å². The number of anilines is 1. The fourth-order valence-electron chi connectivity index (χ4n) is 2.27. The van der Waals surface area contributed by atoms with E-state index in [-0.39, 0.29) is 26.1 Å². The van der Waals surface area contributed by atoms with Gasteiger partial charge in [-0.05, 0) is 53.2 Å². The van der Waals surface area contributed by atoms with Crippen LogP contribution in [0.5, 0.6) is 0 Å². The van der Waals surface area contributed by atoms with Crippen LogP contribution in [0.4, 0.5) is 9.80 Å². The maximum absolute atomic E-state index is 12.6. The fraction of sp³-hybridized carbons (Fsp3) is 0.600. The SMILES string of the molecule is CCOC(=O)CCC(NC(=O)c1ccc(N(C)C(=O)OC(C)(C)C)s1)C(=O)OCC. The molecule has 168 valence electrons. The molecule has 2 amide bonds. The van der Waals surface area contributed by atoms with Gasteiger partial charge in [0.1, 0.15) is 16.6 Å². The first kappa shape index (κ1) is 25.4. The smallest absolute Gasteiger partial charge is 0.415 e. The second-order valence-corrected chi connectivity index (χ2v) is 8.36. The predicted octanol–water partition coefficient (Wildman–Crippen LogP) is 3.12. The molecule has 0 aliphatic carbocycles. The lowest BCUT2D eigenvalue weighted by atomic mass is 10.1. The Morgan fingerprint density at radius 1 is 1.10 bits per heavy atom. The second-order valence-electron chi connectivity index (χ2n) is 7.30. The number of amides is 2. The van der Waals surface area contributed by atoms with Crippen molar-refractivity contribution in [2.24, 2.45) is 0 Å². The minimum Gasteiger partial charge on any atom is -0.466 e. The van der Waals surface area contributed by atoms with Crippen LogP contribution in [-0.2, 0) is 23.8 Å². The number of carbonyl (C=O) groups is 4. The molecule has 1 N–H and O–H groups in total. The number of nitrogens with zero attached hydrogens (tertiary/aromatic N) is 1. The summed E-state index contributed by atoms with van der Waals surface area (Å²) in [4.78, 5) is 50.1. The van der Waals surface area contributed by atoms with E-state index < -0.39 is 35.6 Å². The van der Waals surface area contributed by atoms with Gasteiger partial charge in [0, 0.05) is 13.5 Å². The van der Waals surface area contributed by atoms with Gasteiger partial charge in [-0.1, -0.05) is 0 Å². The molecule has 0 aliphatic heterocycles. The van der Waals surface area contributed by atoms with E-state index in [2.05, 4.69) is 5.32 Å². The van der Waals surface area contributed by atoms with Crippen LogP contribution in [0.1, 0.15) is 57.1 Å². The van der Waals surface area contributed by atoms with Crippen molar-refractivity contribution in [2.75, 3.05) is 25.2 Å². The third-order valence-electron chi connectivity index (χ3n) is 3.63. The first-order chi connectivity index (χ1) is 14.0. The molecule has 0 saturated carbocycles. The van der Waals surface area contributed by atoms with Crippen molar-refractivity contribution in [3.63, 3.8) is 0 Å². The number of nitrogens with one attached hydrogen (secondary N) is 1. The number of esters is 2. The Hall–Kier alpha value is -2.62. The lowest BCUT2D eigenvalue weighted by Crippen LogP contribution is -2.42. The maximum Gasteiger partial charge on any atom is 0.415 e. The van der Waals surface area contributed by atoms with E-state index >= 15 is 0 Å². The molecule has 1 aromatic rings. The standard InChI is InChI=1S/C20H30N2O7S/c1-7-27-16(23)12-9-13(18(25)28-8-2)21-17(24)14-10-11-15(30-14)22(6)19(26)29-20(3,4)5/h10-11,13H,7-9,12H2,1-6H3,(H,21,24). The first-order valence-electron chi connectivity index (χ1n) is 9.68. The van der Waals surface area contributed by atoms with Crippen molar-refractivity contribution in [3.8, 4) is 0 Å². The van der Waals surface area contributed by atoms with E-state index in [1.165, 1.54) is 4.90 Å². The molecule has 0 saturated heterocycles. The Bertz CT molecular complexity index is 755. The third kappa shape index (κ3) is 8.40. The Morgan fingerprint density at radius 2 is 1.73 bits per heavy atom. The molecule has 0 aliphatic rings. The molecule has 0 radical (unpaired) electrons. The molecule has 1 atom stereocenters. The normalized spacial score (nSPS) is 11.9. The number of carbonyl (C=O) groups excluding carboxylic acids is 4. The Kier molecular flexibility index (Phi) is 9.77. The number of hydrogen-bond donors (Lipinski definition) is 1. The highest BCUT2D eigenvalue weighted by molar-refractivity contribution is 7.18. The average molecular weight is 443 g/mol. The van der Waals surface area contributed by atoms with Gasteiger partial charge in [-0.3, -0.25) is 14.5 Å². The zero-order valence-electron chi connectivity index (χ0n) is 18.3. The van der Waals surface area contributed by atoms with E-state index in [1.807, 2.05) is 0 Å². The van der Waals surface area contributed by atoms with E-state index in [0.29, 0.717) is 9.88 Å². The van der Waals surface area contributed by atoms with Gasteiger partial charge in [0.25, 0.3) is 5.91 Å². The van der Waals surface area contributed by atoms with Crippen LogP contribution in [0.3, 0.4) is 0 Å². The summed E-state index contributed by atoms with van der Waals surface area (Å²) in [5.41, 5.74) is -0.644. The van der Waals surface area contributed by atoms with Gasteiger partial charge in [-0.25, -0.2) is 9.59 Å². The molecular weight excluding hydrogens is 412 g/mol. The zero-order valence-corrected chi connectivity index (χ0v) is 19.1. The van der Waals surface area contributed by atoms with Crippen LogP contribution in [0, 0.1) is 0 Å². The molecule has 1 unspecified atom stereocenters. The van der Waals surface area contributed by atoms with Crippen LogP contribution >= 0.6 is 11.3 Å². The molecule has 0 bridgehead atoms. The van der Waals surface area contributed by atoms with Gasteiger partial charge in [0.2, 0.25) is 0 Å². The van der Waals surface area contributed by atoms with Gasteiger partial charge in [-0.15, -0.1) is 11.3 Å². The zero-order chi connectivity index (χ0) is 22.9. The monoisotopic (exact) mass is 442 g/mol. The van der Waals surface area contributed by atoms with Crippen LogP contribution in [0.25, 0.3) is 0 Å². The largest absolute Gasteiger partial charge is 0.466 e. The summed E-state index contributed by atoms with van der Waals surface area (Å²) >= 11 is 1.07. The Labute approximate surface area is 180 Å². The summed E-state index contributed by atoms with van der Waals surface area (Å²) in [6, 6.07) is 2.17. The van der Waals surface area contributed by atoms with E-state index in [4.69, 9.17) is 14.2 Å². The topological polar surface area (TPSA) is 111 Å². The van der Waals surface area contributed by atoms with Crippen LogP contribution in [0.2, 0.25) is 0 Å². The Morgan fingerprint density at radius 3 is 2.30 bits per heavy atom.